The minimum absolute atomic E-state index is 0.0428. The van der Waals surface area contributed by atoms with Crippen LogP contribution in [0.3, 0.4) is 0 Å². The second-order valence-electron chi connectivity index (χ2n) is 3.55. The molecule has 0 aliphatic carbocycles. The fourth-order valence-corrected chi connectivity index (χ4v) is 1.52. The molecule has 0 spiro atoms. The van der Waals surface area contributed by atoms with Crippen LogP contribution in [-0.4, -0.2) is 27.5 Å². The van der Waals surface area contributed by atoms with E-state index in [9.17, 15) is 4.79 Å². The van der Waals surface area contributed by atoms with Crippen molar-refractivity contribution in [2.24, 2.45) is 0 Å². The molecule has 1 atom stereocenters. The molecule has 0 aliphatic heterocycles. The van der Waals surface area contributed by atoms with Gasteiger partial charge >= 0.3 is 0 Å². The number of hydrogen-bond donors (Lipinski definition) is 2. The number of hydrogen-bond acceptors (Lipinski definition) is 4. The molecule has 1 aromatic heterocycles. The van der Waals surface area contributed by atoms with E-state index in [1.165, 1.54) is 10.9 Å². The first-order chi connectivity index (χ1) is 7.60. The van der Waals surface area contributed by atoms with Crippen LogP contribution in [0.5, 0.6) is 0 Å². The lowest BCUT2D eigenvalue weighted by molar-refractivity contribution is 0.282. The largest absolute Gasteiger partial charge is 0.396 e. The van der Waals surface area contributed by atoms with Crippen LogP contribution in [0.1, 0.15) is 20.3 Å². The number of aliphatic hydroxyl groups is 1. The SMILES string of the molecule is CCn1ncc(NC(C)CCO)c(Cl)c1=O. The van der Waals surface area contributed by atoms with Gasteiger partial charge in [-0.15, -0.1) is 0 Å². The second kappa shape index (κ2) is 5.86. The summed E-state index contributed by atoms with van der Waals surface area (Å²) >= 11 is 5.92. The van der Waals surface area contributed by atoms with E-state index in [1.807, 2.05) is 13.8 Å². The van der Waals surface area contributed by atoms with Gasteiger partial charge in [0.05, 0.1) is 11.9 Å². The summed E-state index contributed by atoms with van der Waals surface area (Å²) in [6.45, 7) is 4.31. The zero-order chi connectivity index (χ0) is 12.1. The van der Waals surface area contributed by atoms with Gasteiger partial charge in [-0.3, -0.25) is 4.79 Å². The van der Waals surface area contributed by atoms with Gasteiger partial charge in [0.25, 0.3) is 5.56 Å². The summed E-state index contributed by atoms with van der Waals surface area (Å²) in [4.78, 5) is 11.6. The van der Waals surface area contributed by atoms with Crippen LogP contribution in [0.25, 0.3) is 0 Å². The Morgan fingerprint density at radius 1 is 1.69 bits per heavy atom. The fraction of sp³-hybridized carbons (Fsp3) is 0.600. The molecule has 0 bridgehead atoms. The van der Waals surface area contributed by atoms with Gasteiger partial charge in [0.1, 0.15) is 5.02 Å². The normalized spacial score (nSPS) is 12.5. The van der Waals surface area contributed by atoms with Gasteiger partial charge in [0, 0.05) is 19.2 Å². The molecule has 0 saturated heterocycles. The number of aromatic nitrogens is 2. The van der Waals surface area contributed by atoms with E-state index in [2.05, 4.69) is 10.4 Å². The second-order valence-corrected chi connectivity index (χ2v) is 3.93. The van der Waals surface area contributed by atoms with Crippen LogP contribution < -0.4 is 10.9 Å². The Morgan fingerprint density at radius 2 is 2.38 bits per heavy atom. The maximum atomic E-state index is 11.6. The van der Waals surface area contributed by atoms with E-state index in [1.54, 1.807) is 0 Å². The zero-order valence-corrected chi connectivity index (χ0v) is 10.2. The quantitative estimate of drug-likeness (QED) is 0.815. The maximum Gasteiger partial charge on any atom is 0.287 e. The highest BCUT2D eigenvalue weighted by atomic mass is 35.5. The first-order valence-corrected chi connectivity index (χ1v) is 5.61. The summed E-state index contributed by atoms with van der Waals surface area (Å²) in [6, 6.07) is 0.0428. The Balaban J connectivity index is 2.90. The van der Waals surface area contributed by atoms with Gasteiger partial charge in [-0.25, -0.2) is 4.68 Å². The van der Waals surface area contributed by atoms with Crippen molar-refractivity contribution in [3.8, 4) is 0 Å². The smallest absolute Gasteiger partial charge is 0.287 e. The van der Waals surface area contributed by atoms with Crippen LogP contribution in [0.15, 0.2) is 11.0 Å². The lowest BCUT2D eigenvalue weighted by Gasteiger charge is -2.14. The molecular weight excluding hydrogens is 230 g/mol. The third-order valence-corrected chi connectivity index (χ3v) is 2.61. The summed E-state index contributed by atoms with van der Waals surface area (Å²) < 4.78 is 1.30. The van der Waals surface area contributed by atoms with Crippen molar-refractivity contribution in [1.82, 2.24) is 9.78 Å². The zero-order valence-electron chi connectivity index (χ0n) is 9.40. The molecule has 0 amide bonds. The number of halogens is 1. The summed E-state index contributed by atoms with van der Waals surface area (Å²) in [6.07, 6.45) is 2.12. The molecule has 5 nitrogen and oxygen atoms in total. The molecule has 2 N–H and O–H groups in total. The highest BCUT2D eigenvalue weighted by molar-refractivity contribution is 6.32. The van der Waals surface area contributed by atoms with E-state index in [0.29, 0.717) is 18.7 Å². The van der Waals surface area contributed by atoms with E-state index in [0.717, 1.165) is 0 Å². The number of nitrogens with one attached hydrogen (secondary N) is 1. The molecule has 1 unspecified atom stereocenters. The molecule has 0 saturated carbocycles. The number of aliphatic hydroxyl groups excluding tert-OH is 1. The highest BCUT2D eigenvalue weighted by Gasteiger charge is 2.10. The Hall–Kier alpha value is -1.07. The van der Waals surface area contributed by atoms with Crippen LogP contribution >= 0.6 is 11.6 Å². The van der Waals surface area contributed by atoms with Crippen molar-refractivity contribution in [3.05, 3.63) is 21.6 Å². The van der Waals surface area contributed by atoms with Crippen molar-refractivity contribution >= 4 is 17.3 Å². The Morgan fingerprint density at radius 3 is 2.94 bits per heavy atom. The van der Waals surface area contributed by atoms with Crippen molar-refractivity contribution in [3.63, 3.8) is 0 Å². The number of nitrogens with zero attached hydrogens (tertiary/aromatic N) is 2. The Bertz CT molecular complexity index is 406. The molecule has 1 aromatic rings. The van der Waals surface area contributed by atoms with Gasteiger partial charge in [-0.1, -0.05) is 11.6 Å². The predicted octanol–water partition coefficient (Wildman–Crippen LogP) is 1.10. The van der Waals surface area contributed by atoms with Crippen molar-refractivity contribution in [1.29, 1.82) is 0 Å². The molecule has 16 heavy (non-hydrogen) atoms. The number of anilines is 1. The van der Waals surface area contributed by atoms with Gasteiger partial charge < -0.3 is 10.4 Å². The van der Waals surface area contributed by atoms with Gasteiger partial charge in [0.15, 0.2) is 0 Å². The van der Waals surface area contributed by atoms with E-state index in [4.69, 9.17) is 16.7 Å². The Labute approximate surface area is 99.0 Å². The number of aryl methyl sites for hydroxylation is 1. The van der Waals surface area contributed by atoms with Crippen LogP contribution in [0.4, 0.5) is 5.69 Å². The summed E-state index contributed by atoms with van der Waals surface area (Å²) in [7, 11) is 0. The fourth-order valence-electron chi connectivity index (χ4n) is 1.32. The van der Waals surface area contributed by atoms with Crippen LogP contribution in [0, 0.1) is 0 Å². The predicted molar refractivity (Wildman–Crippen MR) is 64.0 cm³/mol. The molecular formula is C10H16ClN3O2. The molecule has 0 fully saturated rings. The molecule has 1 rings (SSSR count). The molecule has 90 valence electrons. The van der Waals surface area contributed by atoms with Crippen molar-refractivity contribution < 1.29 is 5.11 Å². The topological polar surface area (TPSA) is 67.2 Å². The summed E-state index contributed by atoms with van der Waals surface area (Å²) in [5, 5.41) is 15.9. The average Bonchev–Trinajstić information content (AvgIpc) is 2.25. The molecule has 1 heterocycles. The van der Waals surface area contributed by atoms with Gasteiger partial charge in [-0.2, -0.15) is 5.10 Å². The third kappa shape index (κ3) is 2.96. The van der Waals surface area contributed by atoms with Crippen molar-refractivity contribution in [2.45, 2.75) is 32.9 Å². The third-order valence-electron chi connectivity index (χ3n) is 2.25. The summed E-state index contributed by atoms with van der Waals surface area (Å²) in [5.74, 6) is 0. The van der Waals surface area contributed by atoms with E-state index in [-0.39, 0.29) is 23.2 Å². The van der Waals surface area contributed by atoms with Crippen LogP contribution in [0.2, 0.25) is 5.02 Å². The Kier molecular flexibility index (Phi) is 4.76. The first-order valence-electron chi connectivity index (χ1n) is 5.23. The lowest BCUT2D eigenvalue weighted by atomic mass is 10.2. The average molecular weight is 246 g/mol. The molecule has 0 aromatic carbocycles. The van der Waals surface area contributed by atoms with E-state index >= 15 is 0 Å². The summed E-state index contributed by atoms with van der Waals surface area (Å²) in [5.41, 5.74) is 0.211. The molecule has 0 aliphatic rings. The molecule has 6 heteroatoms. The first kappa shape index (κ1) is 13.0. The highest BCUT2D eigenvalue weighted by Crippen LogP contribution is 2.16. The van der Waals surface area contributed by atoms with Gasteiger partial charge in [0.2, 0.25) is 0 Å². The maximum absolute atomic E-state index is 11.6. The van der Waals surface area contributed by atoms with Gasteiger partial charge in [-0.05, 0) is 20.3 Å². The van der Waals surface area contributed by atoms with E-state index < -0.39 is 0 Å². The molecule has 0 radical (unpaired) electrons. The monoisotopic (exact) mass is 245 g/mol. The lowest BCUT2D eigenvalue weighted by Crippen LogP contribution is -2.25. The van der Waals surface area contributed by atoms with Crippen LogP contribution in [-0.2, 0) is 6.54 Å². The minimum Gasteiger partial charge on any atom is -0.396 e. The van der Waals surface area contributed by atoms with Crippen molar-refractivity contribution in [2.75, 3.05) is 11.9 Å². The standard InChI is InChI=1S/C10H16ClN3O2/c1-3-14-10(16)9(11)8(6-12-14)13-7(2)4-5-15/h6-7,13,15H,3-5H2,1-2H3. The minimum atomic E-state index is -0.301. The number of rotatable bonds is 5.